The predicted octanol–water partition coefficient (Wildman–Crippen LogP) is 2.76. The summed E-state index contributed by atoms with van der Waals surface area (Å²) in [6.45, 7) is 2.34. The van der Waals surface area contributed by atoms with Gasteiger partial charge < -0.3 is 9.64 Å². The number of aromatic nitrogens is 1. The summed E-state index contributed by atoms with van der Waals surface area (Å²) < 4.78 is 5.63. The van der Waals surface area contributed by atoms with E-state index in [1.807, 2.05) is 41.3 Å². The fraction of sp³-hybridized carbons (Fsp3) is 0.316. The normalized spacial score (nSPS) is 19.1. The summed E-state index contributed by atoms with van der Waals surface area (Å²) in [5.74, 6) is 0.903. The molecule has 1 atom stereocenters. The summed E-state index contributed by atoms with van der Waals surface area (Å²) in [5.41, 5.74) is 2.21. The van der Waals surface area contributed by atoms with Gasteiger partial charge in [-0.05, 0) is 30.2 Å². The summed E-state index contributed by atoms with van der Waals surface area (Å²) >= 11 is 0. The first-order valence-corrected chi connectivity index (χ1v) is 8.41. The van der Waals surface area contributed by atoms with Gasteiger partial charge in [0.15, 0.2) is 0 Å². The van der Waals surface area contributed by atoms with Gasteiger partial charge in [-0.15, -0.1) is 0 Å². The zero-order valence-electron chi connectivity index (χ0n) is 13.8. The third kappa shape index (κ3) is 2.78. The molecule has 2 aromatic rings. The van der Waals surface area contributed by atoms with E-state index in [1.165, 1.54) is 0 Å². The second kappa shape index (κ2) is 6.44. The number of pyridine rings is 1. The Labute approximate surface area is 146 Å². The zero-order chi connectivity index (χ0) is 17.2. The largest absolute Gasteiger partial charge is 0.490 e. The Hall–Kier alpha value is -3.07. The van der Waals surface area contributed by atoms with Crippen LogP contribution in [0.4, 0.5) is 10.5 Å². The van der Waals surface area contributed by atoms with E-state index in [1.54, 1.807) is 11.1 Å². The number of carbonyl (C=O) groups excluding carboxylic acids is 1. The number of ether oxygens (including phenoxy) is 1. The highest BCUT2D eigenvalue weighted by Gasteiger charge is 2.33. The molecule has 1 aromatic carbocycles. The number of hydrogen-bond acceptors (Lipinski definition) is 4. The fourth-order valence-corrected chi connectivity index (χ4v) is 3.57. The minimum atomic E-state index is 0.000600. The molecular weight excluding hydrogens is 316 g/mol. The van der Waals surface area contributed by atoms with Crippen molar-refractivity contribution in [1.29, 1.82) is 5.26 Å². The van der Waals surface area contributed by atoms with Crippen LogP contribution in [0.3, 0.4) is 0 Å². The van der Waals surface area contributed by atoms with Gasteiger partial charge in [-0.25, -0.2) is 9.78 Å². The molecule has 1 fully saturated rings. The molecule has 2 aliphatic heterocycles. The quantitative estimate of drug-likeness (QED) is 0.804. The van der Waals surface area contributed by atoms with Gasteiger partial charge in [0.2, 0.25) is 0 Å². The van der Waals surface area contributed by atoms with Crippen LogP contribution in [-0.4, -0.2) is 42.2 Å². The Morgan fingerprint density at radius 3 is 3.00 bits per heavy atom. The van der Waals surface area contributed by atoms with E-state index in [0.717, 1.165) is 23.4 Å². The monoisotopic (exact) mass is 334 g/mol. The lowest BCUT2D eigenvalue weighted by Crippen LogP contribution is -2.45. The number of nitriles is 1. The first-order valence-electron chi connectivity index (χ1n) is 8.41. The minimum absolute atomic E-state index is 0.000600. The summed E-state index contributed by atoms with van der Waals surface area (Å²) in [4.78, 5) is 20.8. The molecule has 2 amide bonds. The molecule has 0 spiro atoms. The molecule has 3 heterocycles. The van der Waals surface area contributed by atoms with Crippen molar-refractivity contribution in [2.24, 2.45) is 0 Å². The number of amides is 2. The maximum Gasteiger partial charge on any atom is 0.324 e. The highest BCUT2D eigenvalue weighted by atomic mass is 16.5. The smallest absolute Gasteiger partial charge is 0.324 e. The van der Waals surface area contributed by atoms with Gasteiger partial charge in [-0.1, -0.05) is 18.2 Å². The third-order valence-electron chi connectivity index (χ3n) is 4.80. The summed E-state index contributed by atoms with van der Waals surface area (Å²) in [5, 5.41) is 9.25. The highest BCUT2D eigenvalue weighted by molar-refractivity contribution is 5.94. The number of hydrogen-bond donors (Lipinski definition) is 0. The molecule has 0 radical (unpaired) electrons. The van der Waals surface area contributed by atoms with Gasteiger partial charge in [-0.2, -0.15) is 5.26 Å². The summed E-state index contributed by atoms with van der Waals surface area (Å²) in [6, 6.07) is 13.6. The van der Waals surface area contributed by atoms with Gasteiger partial charge in [-0.3, -0.25) is 4.90 Å². The van der Waals surface area contributed by atoms with Crippen molar-refractivity contribution >= 4 is 11.7 Å². The Morgan fingerprint density at radius 1 is 1.24 bits per heavy atom. The number of likely N-dealkylation sites (tertiary alicyclic amines) is 1. The highest BCUT2D eigenvalue weighted by Crippen LogP contribution is 2.34. The van der Waals surface area contributed by atoms with Crippen LogP contribution in [0.5, 0.6) is 5.75 Å². The third-order valence-corrected chi connectivity index (χ3v) is 4.80. The summed E-state index contributed by atoms with van der Waals surface area (Å²) in [7, 11) is 0. The van der Waals surface area contributed by atoms with Gasteiger partial charge >= 0.3 is 6.03 Å². The lowest BCUT2D eigenvalue weighted by Gasteiger charge is -2.32. The minimum Gasteiger partial charge on any atom is -0.490 e. The molecule has 0 N–H and O–H groups in total. The molecule has 6 heteroatoms. The lowest BCUT2D eigenvalue weighted by atomic mass is 9.97. The van der Waals surface area contributed by atoms with Gasteiger partial charge in [0.05, 0.1) is 12.2 Å². The zero-order valence-corrected chi connectivity index (χ0v) is 13.8. The molecule has 0 saturated carbocycles. The van der Waals surface area contributed by atoms with Crippen molar-refractivity contribution in [3.8, 4) is 11.8 Å². The number of fused-ring (bicyclic) bond motifs is 1. The standard InChI is InChI=1S/C19H18N4O2/c20-12-16-15(4-3-8-21-16)14-7-9-22(13-14)19(24)23-10-11-25-18-6-2-1-5-17(18)23/h1-6,8,14H,7,9-11,13H2. The number of nitrogens with zero attached hydrogens (tertiary/aromatic N) is 4. The van der Waals surface area contributed by atoms with E-state index >= 15 is 0 Å². The molecule has 1 aromatic heterocycles. The number of para-hydroxylation sites is 2. The molecule has 4 rings (SSSR count). The molecule has 2 aliphatic rings. The SMILES string of the molecule is N#Cc1ncccc1C1CCN(C(=O)N2CCOc3ccccc32)C1. The van der Waals surface area contributed by atoms with Crippen LogP contribution >= 0.6 is 0 Å². The molecule has 1 unspecified atom stereocenters. The second-order valence-electron chi connectivity index (χ2n) is 6.24. The molecule has 25 heavy (non-hydrogen) atoms. The van der Waals surface area contributed by atoms with E-state index in [0.29, 0.717) is 31.9 Å². The maximum absolute atomic E-state index is 13.0. The lowest BCUT2D eigenvalue weighted by molar-refractivity contribution is 0.209. The van der Waals surface area contributed by atoms with Crippen LogP contribution in [0.1, 0.15) is 23.6 Å². The number of urea groups is 1. The fourth-order valence-electron chi connectivity index (χ4n) is 3.57. The first kappa shape index (κ1) is 15.5. The molecule has 126 valence electrons. The molecule has 0 bridgehead atoms. The van der Waals surface area contributed by atoms with Crippen LogP contribution in [0, 0.1) is 11.3 Å². The van der Waals surface area contributed by atoms with E-state index in [9.17, 15) is 10.1 Å². The van der Waals surface area contributed by atoms with Crippen LogP contribution < -0.4 is 9.64 Å². The second-order valence-corrected chi connectivity index (χ2v) is 6.24. The average molecular weight is 334 g/mol. The molecule has 0 aliphatic carbocycles. The van der Waals surface area contributed by atoms with Crippen molar-refractivity contribution < 1.29 is 9.53 Å². The van der Waals surface area contributed by atoms with Crippen LogP contribution in [-0.2, 0) is 0 Å². The molecule has 1 saturated heterocycles. The molecular formula is C19H18N4O2. The number of benzene rings is 1. The Morgan fingerprint density at radius 2 is 2.12 bits per heavy atom. The Bertz CT molecular complexity index is 845. The topological polar surface area (TPSA) is 69.5 Å². The predicted molar refractivity (Wildman–Crippen MR) is 92.6 cm³/mol. The Kier molecular flexibility index (Phi) is 3.98. The molecule has 6 nitrogen and oxygen atoms in total. The van der Waals surface area contributed by atoms with Crippen molar-refractivity contribution in [3.05, 3.63) is 53.9 Å². The maximum atomic E-state index is 13.0. The summed E-state index contributed by atoms with van der Waals surface area (Å²) in [6.07, 6.45) is 2.47. The van der Waals surface area contributed by atoms with Crippen molar-refractivity contribution in [3.63, 3.8) is 0 Å². The number of carbonyl (C=O) groups is 1. The number of rotatable bonds is 1. The van der Waals surface area contributed by atoms with Crippen LogP contribution in [0.25, 0.3) is 0 Å². The van der Waals surface area contributed by atoms with Crippen LogP contribution in [0.2, 0.25) is 0 Å². The average Bonchev–Trinajstić information content (AvgIpc) is 3.17. The Balaban J connectivity index is 1.53. The van der Waals surface area contributed by atoms with E-state index < -0.39 is 0 Å². The van der Waals surface area contributed by atoms with E-state index in [-0.39, 0.29) is 11.9 Å². The van der Waals surface area contributed by atoms with Crippen molar-refractivity contribution in [2.45, 2.75) is 12.3 Å². The number of anilines is 1. The van der Waals surface area contributed by atoms with Gasteiger partial charge in [0.25, 0.3) is 0 Å². The van der Waals surface area contributed by atoms with E-state index in [2.05, 4.69) is 11.1 Å². The van der Waals surface area contributed by atoms with Crippen molar-refractivity contribution in [1.82, 2.24) is 9.88 Å². The van der Waals surface area contributed by atoms with Gasteiger partial charge in [0, 0.05) is 25.2 Å². The van der Waals surface area contributed by atoms with Crippen LogP contribution in [0.15, 0.2) is 42.6 Å². The van der Waals surface area contributed by atoms with Gasteiger partial charge in [0.1, 0.15) is 24.1 Å². The van der Waals surface area contributed by atoms with E-state index in [4.69, 9.17) is 4.74 Å². The van der Waals surface area contributed by atoms with Crippen molar-refractivity contribution in [2.75, 3.05) is 31.1 Å². The first-order chi connectivity index (χ1) is 12.3.